The summed E-state index contributed by atoms with van der Waals surface area (Å²) in [6.45, 7) is 2.17. The van der Waals surface area contributed by atoms with Crippen molar-refractivity contribution < 1.29 is 41.2 Å². The maximum Gasteiger partial charge on any atom is 0.422 e. The first-order valence-corrected chi connectivity index (χ1v) is 9.77. The minimum Gasteiger partial charge on any atom is -0.481 e. The fourth-order valence-corrected chi connectivity index (χ4v) is 3.57. The molecule has 2 aliphatic rings. The van der Waals surface area contributed by atoms with Gasteiger partial charge in [-0.2, -0.15) is 13.2 Å². The van der Waals surface area contributed by atoms with Gasteiger partial charge in [-0.25, -0.2) is 4.39 Å². The maximum absolute atomic E-state index is 14.5. The van der Waals surface area contributed by atoms with E-state index in [9.17, 15) is 17.6 Å². The molecule has 0 bridgehead atoms. The fraction of sp³-hybridized carbons (Fsp3) is 0.700. The molecule has 2 saturated heterocycles. The molecule has 29 heavy (non-hydrogen) atoms. The number of halogens is 4. The van der Waals surface area contributed by atoms with Crippen LogP contribution in [0.25, 0.3) is 0 Å². The van der Waals surface area contributed by atoms with E-state index in [1.807, 2.05) is 0 Å². The Morgan fingerprint density at radius 3 is 2.38 bits per heavy atom. The van der Waals surface area contributed by atoms with Crippen LogP contribution in [0.5, 0.6) is 5.75 Å². The second-order valence-corrected chi connectivity index (χ2v) is 7.40. The Balaban J connectivity index is 1.80. The first kappa shape index (κ1) is 22.3. The molecule has 0 N–H and O–H groups in total. The molecule has 164 valence electrons. The summed E-state index contributed by atoms with van der Waals surface area (Å²) < 4.78 is 79.2. The van der Waals surface area contributed by atoms with Gasteiger partial charge in [0.15, 0.2) is 18.2 Å². The second kappa shape index (κ2) is 9.59. The van der Waals surface area contributed by atoms with Crippen molar-refractivity contribution in [2.24, 2.45) is 11.8 Å². The lowest BCUT2D eigenvalue weighted by Gasteiger charge is -2.46. The highest BCUT2D eigenvalue weighted by Gasteiger charge is 2.48. The fourth-order valence-electron chi connectivity index (χ4n) is 3.57. The smallest absolute Gasteiger partial charge is 0.422 e. The summed E-state index contributed by atoms with van der Waals surface area (Å²) in [5.41, 5.74) is 0.363. The SMILES string of the molecule is CCCC[C@H]1CO[C@](c2ccc(OCC(F)(F)F)c(F)c2)(C2COCOC2)OC1. The van der Waals surface area contributed by atoms with E-state index >= 15 is 0 Å². The third-order valence-corrected chi connectivity index (χ3v) is 5.10. The van der Waals surface area contributed by atoms with E-state index in [4.69, 9.17) is 18.9 Å². The van der Waals surface area contributed by atoms with E-state index in [-0.39, 0.29) is 18.6 Å². The lowest BCUT2D eigenvalue weighted by atomic mass is 9.89. The molecule has 2 heterocycles. The largest absolute Gasteiger partial charge is 0.481 e. The van der Waals surface area contributed by atoms with E-state index in [1.54, 1.807) is 0 Å². The Kier molecular flexibility index (Phi) is 7.37. The maximum atomic E-state index is 14.5. The van der Waals surface area contributed by atoms with E-state index in [0.717, 1.165) is 25.3 Å². The number of ether oxygens (including phenoxy) is 5. The summed E-state index contributed by atoms with van der Waals surface area (Å²) in [7, 11) is 0. The first-order valence-electron chi connectivity index (χ1n) is 9.77. The molecule has 0 unspecified atom stereocenters. The van der Waals surface area contributed by atoms with Crippen LogP contribution in [0.1, 0.15) is 31.7 Å². The zero-order chi connectivity index (χ0) is 20.9. The Hall–Kier alpha value is -1.42. The Labute approximate surface area is 167 Å². The van der Waals surface area contributed by atoms with Gasteiger partial charge in [-0.1, -0.05) is 19.8 Å². The third kappa shape index (κ3) is 5.59. The normalized spacial score (nSPS) is 26.4. The van der Waals surface area contributed by atoms with Gasteiger partial charge in [-0.05, 0) is 24.6 Å². The van der Waals surface area contributed by atoms with Gasteiger partial charge in [0.25, 0.3) is 0 Å². The van der Waals surface area contributed by atoms with Crippen molar-refractivity contribution in [2.45, 2.75) is 38.1 Å². The number of hydrogen-bond acceptors (Lipinski definition) is 5. The van der Waals surface area contributed by atoms with Crippen LogP contribution in [0.15, 0.2) is 18.2 Å². The van der Waals surface area contributed by atoms with E-state index in [1.165, 1.54) is 12.1 Å². The minimum atomic E-state index is -4.55. The molecule has 2 fully saturated rings. The molecule has 0 spiro atoms. The molecular formula is C20H26F4O5. The average Bonchev–Trinajstić information content (AvgIpc) is 2.72. The van der Waals surface area contributed by atoms with Gasteiger partial charge in [0.1, 0.15) is 6.79 Å². The topological polar surface area (TPSA) is 46.2 Å². The van der Waals surface area contributed by atoms with Gasteiger partial charge < -0.3 is 23.7 Å². The van der Waals surface area contributed by atoms with Gasteiger partial charge >= 0.3 is 6.18 Å². The van der Waals surface area contributed by atoms with Crippen LogP contribution in [0.4, 0.5) is 17.6 Å². The van der Waals surface area contributed by atoms with Crippen LogP contribution in [-0.2, 0) is 24.7 Å². The van der Waals surface area contributed by atoms with Crippen LogP contribution in [0, 0.1) is 17.7 Å². The van der Waals surface area contributed by atoms with E-state index in [2.05, 4.69) is 11.7 Å². The molecule has 0 aromatic heterocycles. The van der Waals surface area contributed by atoms with Crippen LogP contribution in [0.2, 0.25) is 0 Å². The van der Waals surface area contributed by atoms with Crippen LogP contribution in [-0.4, -0.2) is 46.0 Å². The zero-order valence-electron chi connectivity index (χ0n) is 16.3. The van der Waals surface area contributed by atoms with Crippen molar-refractivity contribution >= 4 is 0 Å². The molecule has 0 saturated carbocycles. The average molecular weight is 422 g/mol. The summed E-state index contributed by atoms with van der Waals surface area (Å²) in [5.74, 6) is -2.79. The van der Waals surface area contributed by atoms with Gasteiger partial charge in [-0.3, -0.25) is 0 Å². The highest BCUT2D eigenvalue weighted by Crippen LogP contribution is 2.42. The molecule has 1 aromatic rings. The summed E-state index contributed by atoms with van der Waals surface area (Å²) in [5, 5.41) is 0. The molecule has 0 atom stereocenters. The van der Waals surface area contributed by atoms with Crippen molar-refractivity contribution in [2.75, 3.05) is 39.8 Å². The van der Waals surface area contributed by atoms with Crippen molar-refractivity contribution in [3.8, 4) is 5.75 Å². The van der Waals surface area contributed by atoms with Crippen LogP contribution < -0.4 is 4.74 Å². The molecule has 0 aliphatic carbocycles. The second-order valence-electron chi connectivity index (χ2n) is 7.40. The summed E-state index contributed by atoms with van der Waals surface area (Å²) in [6, 6.07) is 3.74. The minimum absolute atomic E-state index is 0.157. The van der Waals surface area contributed by atoms with E-state index in [0.29, 0.717) is 32.0 Å². The molecule has 0 amide bonds. The van der Waals surface area contributed by atoms with Crippen LogP contribution in [0.3, 0.4) is 0 Å². The third-order valence-electron chi connectivity index (χ3n) is 5.10. The number of benzene rings is 1. The monoisotopic (exact) mass is 422 g/mol. The lowest BCUT2D eigenvalue weighted by Crippen LogP contribution is -2.51. The van der Waals surface area contributed by atoms with Gasteiger partial charge in [0.2, 0.25) is 5.79 Å². The molecule has 2 aliphatic heterocycles. The molecular weight excluding hydrogens is 396 g/mol. The van der Waals surface area contributed by atoms with Crippen molar-refractivity contribution in [3.05, 3.63) is 29.6 Å². The Morgan fingerprint density at radius 1 is 1.10 bits per heavy atom. The highest BCUT2D eigenvalue weighted by molar-refractivity contribution is 5.32. The molecule has 5 nitrogen and oxygen atoms in total. The summed E-state index contributed by atoms with van der Waals surface area (Å²) in [6.07, 6.45) is -1.47. The molecule has 1 aromatic carbocycles. The Morgan fingerprint density at radius 2 is 1.79 bits per heavy atom. The predicted molar refractivity (Wildman–Crippen MR) is 94.8 cm³/mol. The van der Waals surface area contributed by atoms with Crippen LogP contribution >= 0.6 is 0 Å². The van der Waals surface area contributed by atoms with Gasteiger partial charge in [-0.15, -0.1) is 0 Å². The highest BCUT2D eigenvalue weighted by atomic mass is 19.4. The van der Waals surface area contributed by atoms with E-state index < -0.39 is 30.1 Å². The van der Waals surface area contributed by atoms with Crippen molar-refractivity contribution in [3.63, 3.8) is 0 Å². The van der Waals surface area contributed by atoms with Crippen molar-refractivity contribution in [1.82, 2.24) is 0 Å². The quantitative estimate of drug-likeness (QED) is 0.610. The lowest BCUT2D eigenvalue weighted by molar-refractivity contribution is -0.341. The zero-order valence-corrected chi connectivity index (χ0v) is 16.3. The predicted octanol–water partition coefficient (Wildman–Crippen LogP) is 4.39. The molecule has 0 radical (unpaired) electrons. The molecule has 3 rings (SSSR count). The summed E-state index contributed by atoms with van der Waals surface area (Å²) in [4.78, 5) is 0. The standard InChI is InChI=1S/C20H26F4O5/c1-2-3-4-14-8-28-20(29-9-14,16-10-25-13-26-11-16)15-5-6-18(17(21)7-15)27-12-19(22,23)24/h5-7,14,16H,2-4,8-13H2,1H3/t14-,20-. The number of hydrogen-bond donors (Lipinski definition) is 0. The number of alkyl halides is 3. The number of unbranched alkanes of at least 4 members (excludes halogenated alkanes) is 1. The molecule has 9 heteroatoms. The summed E-state index contributed by atoms with van der Waals surface area (Å²) >= 11 is 0. The van der Waals surface area contributed by atoms with Gasteiger partial charge in [0.05, 0.1) is 32.3 Å². The van der Waals surface area contributed by atoms with Gasteiger partial charge in [0, 0.05) is 11.5 Å². The van der Waals surface area contributed by atoms with Crippen molar-refractivity contribution in [1.29, 1.82) is 0 Å². The Bertz CT molecular complexity index is 653. The number of rotatable bonds is 7. The first-order chi connectivity index (χ1) is 13.8.